The standard InChI is InChI=1S/C22H32N2O2/c1-7-11-21(25)23(17(5)9-3)19-13-15-20(16-14-19)24(18(6)10-4)22(26)12-8-2/h7-8,11-18H,9-10H2,1-6H3/b11-7+,12-8+. The summed E-state index contributed by atoms with van der Waals surface area (Å²) in [6.45, 7) is 11.9. The van der Waals surface area contributed by atoms with Crippen LogP contribution in [-0.4, -0.2) is 23.9 Å². The van der Waals surface area contributed by atoms with Crippen LogP contribution in [0.25, 0.3) is 0 Å². The van der Waals surface area contributed by atoms with Gasteiger partial charge in [-0.2, -0.15) is 0 Å². The van der Waals surface area contributed by atoms with Gasteiger partial charge < -0.3 is 9.80 Å². The maximum Gasteiger partial charge on any atom is 0.250 e. The summed E-state index contributed by atoms with van der Waals surface area (Å²) < 4.78 is 0. The molecule has 2 amide bonds. The summed E-state index contributed by atoms with van der Waals surface area (Å²) >= 11 is 0. The van der Waals surface area contributed by atoms with Gasteiger partial charge in [0.05, 0.1) is 0 Å². The molecule has 4 nitrogen and oxygen atoms in total. The molecule has 2 atom stereocenters. The van der Waals surface area contributed by atoms with Crippen LogP contribution in [0.2, 0.25) is 0 Å². The van der Waals surface area contributed by atoms with Gasteiger partial charge in [0, 0.05) is 23.5 Å². The van der Waals surface area contributed by atoms with Gasteiger partial charge in [-0.25, -0.2) is 0 Å². The summed E-state index contributed by atoms with van der Waals surface area (Å²) in [5.74, 6) is -0.0586. The maximum atomic E-state index is 12.5. The van der Waals surface area contributed by atoms with Gasteiger partial charge in [-0.15, -0.1) is 0 Å². The molecule has 0 aromatic heterocycles. The molecule has 0 aliphatic carbocycles. The van der Waals surface area contributed by atoms with Gasteiger partial charge in [0.2, 0.25) is 0 Å². The van der Waals surface area contributed by atoms with Crippen molar-refractivity contribution >= 4 is 23.2 Å². The Morgan fingerprint density at radius 3 is 1.35 bits per heavy atom. The van der Waals surface area contributed by atoms with Crippen LogP contribution >= 0.6 is 0 Å². The monoisotopic (exact) mass is 356 g/mol. The molecule has 26 heavy (non-hydrogen) atoms. The van der Waals surface area contributed by atoms with Crippen molar-refractivity contribution in [1.29, 1.82) is 0 Å². The molecule has 0 saturated carbocycles. The summed E-state index contributed by atoms with van der Waals surface area (Å²) in [5, 5.41) is 0. The fourth-order valence-electron chi connectivity index (χ4n) is 2.78. The molecule has 4 heteroatoms. The molecule has 0 radical (unpaired) electrons. The number of hydrogen-bond donors (Lipinski definition) is 0. The third-order valence-corrected chi connectivity index (χ3v) is 4.56. The van der Waals surface area contributed by atoms with Crippen LogP contribution in [0.15, 0.2) is 48.6 Å². The number of allylic oxidation sites excluding steroid dienone is 2. The summed E-state index contributed by atoms with van der Waals surface area (Å²) in [7, 11) is 0. The third kappa shape index (κ3) is 5.32. The van der Waals surface area contributed by atoms with E-state index >= 15 is 0 Å². The Bertz CT molecular complexity index is 590. The molecule has 0 saturated heterocycles. The van der Waals surface area contributed by atoms with Gasteiger partial charge in [-0.05, 0) is 77.0 Å². The fourth-order valence-corrected chi connectivity index (χ4v) is 2.78. The first-order chi connectivity index (χ1) is 12.4. The minimum Gasteiger partial charge on any atom is -0.306 e. The Balaban J connectivity index is 3.24. The smallest absolute Gasteiger partial charge is 0.250 e. The Kier molecular flexibility index (Phi) is 8.83. The Morgan fingerprint density at radius 1 is 0.808 bits per heavy atom. The van der Waals surface area contributed by atoms with E-state index in [1.165, 1.54) is 0 Å². The second-order valence-corrected chi connectivity index (χ2v) is 6.45. The summed E-state index contributed by atoms with van der Waals surface area (Å²) in [4.78, 5) is 28.5. The molecule has 1 aromatic carbocycles. The highest BCUT2D eigenvalue weighted by molar-refractivity contribution is 6.03. The molecule has 0 fully saturated rings. The number of rotatable bonds is 8. The van der Waals surface area contributed by atoms with Crippen molar-refractivity contribution in [3.8, 4) is 0 Å². The third-order valence-electron chi connectivity index (χ3n) is 4.56. The number of benzene rings is 1. The Morgan fingerprint density at radius 2 is 1.12 bits per heavy atom. The first kappa shape index (κ1) is 21.7. The number of carbonyl (C=O) groups is 2. The molecule has 0 aliphatic heterocycles. The SMILES string of the molecule is C/C=C/C(=O)N(c1ccc(N(C(=O)/C=C/C)C(C)CC)cc1)C(C)CC. The van der Waals surface area contributed by atoms with Crippen LogP contribution < -0.4 is 9.80 Å². The molecule has 1 rings (SSSR count). The van der Waals surface area contributed by atoms with Gasteiger partial charge >= 0.3 is 0 Å². The lowest BCUT2D eigenvalue weighted by Crippen LogP contribution is -2.38. The first-order valence-electron chi connectivity index (χ1n) is 9.42. The quantitative estimate of drug-likeness (QED) is 0.608. The molecular formula is C22H32N2O2. The lowest BCUT2D eigenvalue weighted by Gasteiger charge is -2.30. The molecule has 0 aliphatic rings. The van der Waals surface area contributed by atoms with E-state index < -0.39 is 0 Å². The minimum absolute atomic E-state index is 0.0293. The second-order valence-electron chi connectivity index (χ2n) is 6.45. The molecule has 0 N–H and O–H groups in total. The summed E-state index contributed by atoms with van der Waals surface area (Å²) in [5.41, 5.74) is 1.68. The zero-order chi connectivity index (χ0) is 19.7. The van der Waals surface area contributed by atoms with E-state index in [-0.39, 0.29) is 23.9 Å². The van der Waals surface area contributed by atoms with E-state index in [2.05, 4.69) is 13.8 Å². The van der Waals surface area contributed by atoms with Crippen molar-refractivity contribution in [1.82, 2.24) is 0 Å². The fraction of sp³-hybridized carbons (Fsp3) is 0.455. The van der Waals surface area contributed by atoms with Crippen molar-refractivity contribution in [3.63, 3.8) is 0 Å². The summed E-state index contributed by atoms with van der Waals surface area (Å²) in [6, 6.07) is 7.87. The molecule has 1 aromatic rings. The van der Waals surface area contributed by atoms with E-state index in [4.69, 9.17) is 0 Å². The molecule has 2 unspecified atom stereocenters. The predicted octanol–water partition coefficient (Wildman–Crippen LogP) is 5.10. The number of hydrogen-bond acceptors (Lipinski definition) is 2. The Hall–Kier alpha value is -2.36. The van der Waals surface area contributed by atoms with Crippen LogP contribution in [0.4, 0.5) is 11.4 Å². The molecule has 0 spiro atoms. The predicted molar refractivity (Wildman–Crippen MR) is 111 cm³/mol. The first-order valence-corrected chi connectivity index (χ1v) is 9.42. The van der Waals surface area contributed by atoms with Crippen molar-refractivity contribution < 1.29 is 9.59 Å². The lowest BCUT2D eigenvalue weighted by atomic mass is 10.1. The minimum atomic E-state index is -0.0293. The maximum absolute atomic E-state index is 12.5. The normalized spacial score (nSPS) is 13.8. The lowest BCUT2D eigenvalue weighted by molar-refractivity contribution is -0.115. The largest absolute Gasteiger partial charge is 0.306 e. The van der Waals surface area contributed by atoms with E-state index in [0.717, 1.165) is 24.2 Å². The van der Waals surface area contributed by atoms with Gasteiger partial charge in [0.1, 0.15) is 0 Å². The number of amides is 2. The highest BCUT2D eigenvalue weighted by atomic mass is 16.2. The van der Waals surface area contributed by atoms with Gasteiger partial charge in [0.15, 0.2) is 0 Å². The van der Waals surface area contributed by atoms with Crippen molar-refractivity contribution in [3.05, 3.63) is 48.6 Å². The number of nitrogens with zero attached hydrogens (tertiary/aromatic N) is 2. The van der Waals surface area contributed by atoms with E-state index in [1.807, 2.05) is 52.0 Å². The molecule has 0 heterocycles. The zero-order valence-corrected chi connectivity index (χ0v) is 16.9. The van der Waals surface area contributed by atoms with Gasteiger partial charge in [0.25, 0.3) is 11.8 Å². The van der Waals surface area contributed by atoms with E-state index in [9.17, 15) is 9.59 Å². The van der Waals surface area contributed by atoms with Crippen LogP contribution in [0.5, 0.6) is 0 Å². The average molecular weight is 357 g/mol. The Labute approximate surface area is 158 Å². The van der Waals surface area contributed by atoms with E-state index in [0.29, 0.717) is 0 Å². The van der Waals surface area contributed by atoms with E-state index in [1.54, 1.807) is 34.1 Å². The zero-order valence-electron chi connectivity index (χ0n) is 16.9. The number of anilines is 2. The molecular weight excluding hydrogens is 324 g/mol. The van der Waals surface area contributed by atoms with Crippen molar-refractivity contribution in [2.45, 2.75) is 66.5 Å². The van der Waals surface area contributed by atoms with Crippen LogP contribution in [-0.2, 0) is 9.59 Å². The van der Waals surface area contributed by atoms with Crippen molar-refractivity contribution in [2.75, 3.05) is 9.80 Å². The van der Waals surface area contributed by atoms with Crippen LogP contribution in [0.3, 0.4) is 0 Å². The highest BCUT2D eigenvalue weighted by Gasteiger charge is 2.21. The van der Waals surface area contributed by atoms with Crippen molar-refractivity contribution in [2.24, 2.45) is 0 Å². The molecule has 142 valence electrons. The summed E-state index contributed by atoms with van der Waals surface area (Å²) in [6.07, 6.45) is 8.41. The van der Waals surface area contributed by atoms with Gasteiger partial charge in [-0.3, -0.25) is 9.59 Å². The molecule has 0 bridgehead atoms. The average Bonchev–Trinajstić information content (AvgIpc) is 2.63. The van der Waals surface area contributed by atoms with Crippen LogP contribution in [0, 0.1) is 0 Å². The second kappa shape index (κ2) is 10.6. The topological polar surface area (TPSA) is 40.6 Å². The van der Waals surface area contributed by atoms with Gasteiger partial charge in [-0.1, -0.05) is 26.0 Å². The highest BCUT2D eigenvalue weighted by Crippen LogP contribution is 2.26. The van der Waals surface area contributed by atoms with Crippen LogP contribution in [0.1, 0.15) is 54.4 Å². The number of carbonyl (C=O) groups excluding carboxylic acids is 2.